The van der Waals surface area contributed by atoms with Crippen molar-refractivity contribution in [3.63, 3.8) is 0 Å². The number of amides is 1. The second-order valence-corrected chi connectivity index (χ2v) is 6.54. The smallest absolute Gasteiger partial charge is 0.227 e. The molecule has 0 bridgehead atoms. The van der Waals surface area contributed by atoms with Crippen LogP contribution >= 0.6 is 0 Å². The fourth-order valence-electron chi connectivity index (χ4n) is 3.20. The van der Waals surface area contributed by atoms with Crippen molar-refractivity contribution in [1.29, 1.82) is 0 Å². The predicted octanol–water partition coefficient (Wildman–Crippen LogP) is 3.52. The first-order valence-corrected chi connectivity index (χ1v) is 9.05. The summed E-state index contributed by atoms with van der Waals surface area (Å²) in [5.41, 5.74) is 2.73. The molecule has 3 rings (SSSR count). The maximum atomic E-state index is 12.5. The summed E-state index contributed by atoms with van der Waals surface area (Å²) in [6.07, 6.45) is 1.77. The summed E-state index contributed by atoms with van der Waals surface area (Å²) in [5, 5.41) is 6.35. The largest absolute Gasteiger partial charge is 0.496 e. The highest BCUT2D eigenvalue weighted by Crippen LogP contribution is 2.28. The van der Waals surface area contributed by atoms with Crippen molar-refractivity contribution in [3.8, 4) is 11.5 Å². The number of ether oxygens (including phenoxy) is 2. The van der Waals surface area contributed by atoms with E-state index in [9.17, 15) is 4.79 Å². The molecule has 2 aromatic rings. The van der Waals surface area contributed by atoms with E-state index in [1.807, 2.05) is 49.4 Å². The number of carbonyl (C=O) groups excluding carboxylic acids is 1. The van der Waals surface area contributed by atoms with Crippen molar-refractivity contribution >= 4 is 11.6 Å². The molecule has 1 aliphatic heterocycles. The van der Waals surface area contributed by atoms with E-state index in [1.54, 1.807) is 7.11 Å². The van der Waals surface area contributed by atoms with Gasteiger partial charge in [0.1, 0.15) is 18.1 Å². The molecule has 1 aliphatic rings. The number of hydrogen-bond acceptors (Lipinski definition) is 4. The second-order valence-electron chi connectivity index (χ2n) is 6.54. The second kappa shape index (κ2) is 8.72. The zero-order valence-electron chi connectivity index (χ0n) is 15.4. The number of anilines is 1. The van der Waals surface area contributed by atoms with E-state index < -0.39 is 0 Å². The minimum absolute atomic E-state index is 0.0776. The van der Waals surface area contributed by atoms with Gasteiger partial charge in [0.25, 0.3) is 0 Å². The number of methoxy groups -OCH3 is 1. The van der Waals surface area contributed by atoms with E-state index in [4.69, 9.17) is 9.47 Å². The minimum Gasteiger partial charge on any atom is -0.496 e. The van der Waals surface area contributed by atoms with Crippen LogP contribution in [0.5, 0.6) is 11.5 Å². The monoisotopic (exact) mass is 354 g/mol. The van der Waals surface area contributed by atoms with Crippen molar-refractivity contribution in [1.82, 2.24) is 5.32 Å². The van der Waals surface area contributed by atoms with Gasteiger partial charge < -0.3 is 20.1 Å². The molecule has 26 heavy (non-hydrogen) atoms. The summed E-state index contributed by atoms with van der Waals surface area (Å²) < 4.78 is 11.4. The number of carbonyl (C=O) groups is 1. The van der Waals surface area contributed by atoms with Crippen LogP contribution in [0, 0.1) is 12.8 Å². The molecular weight excluding hydrogens is 328 g/mol. The Morgan fingerprint density at radius 1 is 1.12 bits per heavy atom. The summed E-state index contributed by atoms with van der Waals surface area (Å²) in [6, 6.07) is 13.5. The molecule has 0 aliphatic carbocycles. The Balaban J connectivity index is 1.67. The van der Waals surface area contributed by atoms with Crippen molar-refractivity contribution < 1.29 is 14.3 Å². The first-order valence-electron chi connectivity index (χ1n) is 9.05. The van der Waals surface area contributed by atoms with Crippen molar-refractivity contribution in [2.24, 2.45) is 5.92 Å². The van der Waals surface area contributed by atoms with E-state index in [2.05, 4.69) is 10.6 Å². The van der Waals surface area contributed by atoms with Crippen LogP contribution in [0.3, 0.4) is 0 Å². The standard InChI is InChI=1S/C21H26N2O3/c1-15-18(23-21(24)16-10-12-22-13-11-16)7-5-9-19(15)26-14-17-6-3-4-8-20(17)25-2/h3-9,16,22H,10-14H2,1-2H3,(H,23,24). The lowest BCUT2D eigenvalue weighted by molar-refractivity contribution is -0.120. The Bertz CT molecular complexity index is 755. The van der Waals surface area contributed by atoms with Gasteiger partial charge >= 0.3 is 0 Å². The molecule has 0 aromatic heterocycles. The average Bonchev–Trinajstić information content (AvgIpc) is 2.69. The lowest BCUT2D eigenvalue weighted by atomic mass is 9.97. The van der Waals surface area contributed by atoms with Crippen LogP contribution in [0.2, 0.25) is 0 Å². The summed E-state index contributed by atoms with van der Waals surface area (Å²) in [7, 11) is 1.65. The molecule has 0 atom stereocenters. The third-order valence-electron chi connectivity index (χ3n) is 4.83. The number of rotatable bonds is 6. The van der Waals surface area contributed by atoms with Gasteiger partial charge in [0.15, 0.2) is 0 Å². The normalized spacial score (nSPS) is 14.7. The van der Waals surface area contributed by atoms with Crippen LogP contribution in [0.1, 0.15) is 24.0 Å². The van der Waals surface area contributed by atoms with Gasteiger partial charge in [0.05, 0.1) is 7.11 Å². The zero-order chi connectivity index (χ0) is 18.4. The lowest BCUT2D eigenvalue weighted by Gasteiger charge is -2.22. The van der Waals surface area contributed by atoms with Crippen LogP contribution in [-0.4, -0.2) is 26.1 Å². The molecule has 0 spiro atoms. The Hall–Kier alpha value is -2.53. The first-order chi connectivity index (χ1) is 12.7. The molecule has 1 saturated heterocycles. The van der Waals surface area contributed by atoms with Crippen LogP contribution in [0.25, 0.3) is 0 Å². The van der Waals surface area contributed by atoms with E-state index in [0.717, 1.165) is 54.2 Å². The summed E-state index contributed by atoms with van der Waals surface area (Å²) in [6.45, 7) is 4.18. The number of piperidine rings is 1. The van der Waals surface area contributed by atoms with Crippen LogP contribution in [0.15, 0.2) is 42.5 Å². The molecule has 0 radical (unpaired) electrons. The zero-order valence-corrected chi connectivity index (χ0v) is 15.4. The molecule has 1 heterocycles. The molecular formula is C21H26N2O3. The topological polar surface area (TPSA) is 59.6 Å². The lowest BCUT2D eigenvalue weighted by Crippen LogP contribution is -2.34. The van der Waals surface area contributed by atoms with E-state index in [0.29, 0.717) is 6.61 Å². The van der Waals surface area contributed by atoms with Crippen molar-refractivity contribution in [3.05, 3.63) is 53.6 Å². The molecule has 2 aromatic carbocycles. The number of benzene rings is 2. The third-order valence-corrected chi connectivity index (χ3v) is 4.83. The van der Waals surface area contributed by atoms with Crippen molar-refractivity contribution in [2.45, 2.75) is 26.4 Å². The summed E-state index contributed by atoms with van der Waals surface area (Å²) >= 11 is 0. The maximum absolute atomic E-state index is 12.5. The highest BCUT2D eigenvalue weighted by molar-refractivity contribution is 5.93. The highest BCUT2D eigenvalue weighted by Gasteiger charge is 2.21. The fourth-order valence-corrected chi connectivity index (χ4v) is 3.20. The van der Waals surface area contributed by atoms with Gasteiger partial charge in [-0.3, -0.25) is 4.79 Å². The molecule has 2 N–H and O–H groups in total. The van der Waals surface area contributed by atoms with Gasteiger partial charge in [-0.1, -0.05) is 24.3 Å². The predicted molar refractivity (Wildman–Crippen MR) is 103 cm³/mol. The maximum Gasteiger partial charge on any atom is 0.227 e. The Morgan fingerprint density at radius 3 is 2.62 bits per heavy atom. The Labute approximate surface area is 154 Å². The van der Waals surface area contributed by atoms with Gasteiger partial charge in [-0.05, 0) is 51.1 Å². The molecule has 5 nitrogen and oxygen atoms in total. The Kier molecular flexibility index (Phi) is 6.12. The van der Waals surface area contributed by atoms with Gasteiger partial charge in [0.2, 0.25) is 5.91 Å². The Morgan fingerprint density at radius 2 is 1.85 bits per heavy atom. The van der Waals surface area contributed by atoms with Gasteiger partial charge in [-0.25, -0.2) is 0 Å². The van der Waals surface area contributed by atoms with Crippen LogP contribution in [0.4, 0.5) is 5.69 Å². The van der Waals surface area contributed by atoms with E-state index >= 15 is 0 Å². The van der Waals surface area contributed by atoms with Crippen molar-refractivity contribution in [2.75, 3.05) is 25.5 Å². The minimum atomic E-state index is 0.0776. The quantitative estimate of drug-likeness (QED) is 0.833. The molecule has 0 unspecified atom stereocenters. The molecule has 1 fully saturated rings. The number of hydrogen-bond donors (Lipinski definition) is 2. The molecule has 138 valence electrons. The summed E-state index contributed by atoms with van der Waals surface area (Å²) in [5.74, 6) is 1.74. The highest BCUT2D eigenvalue weighted by atomic mass is 16.5. The molecule has 5 heteroatoms. The number of nitrogens with one attached hydrogen (secondary N) is 2. The summed E-state index contributed by atoms with van der Waals surface area (Å²) in [4.78, 5) is 12.5. The van der Waals surface area contributed by atoms with Gasteiger partial charge in [-0.15, -0.1) is 0 Å². The van der Waals surface area contributed by atoms with Crippen LogP contribution < -0.4 is 20.1 Å². The SMILES string of the molecule is COc1ccccc1COc1cccc(NC(=O)C2CCNCC2)c1C. The molecule has 1 amide bonds. The van der Waals surface area contributed by atoms with Gasteiger partial charge in [0, 0.05) is 22.7 Å². The fraction of sp³-hybridized carbons (Fsp3) is 0.381. The van der Waals surface area contributed by atoms with E-state index in [1.165, 1.54) is 0 Å². The number of para-hydroxylation sites is 1. The van der Waals surface area contributed by atoms with Gasteiger partial charge in [-0.2, -0.15) is 0 Å². The van der Waals surface area contributed by atoms with E-state index in [-0.39, 0.29) is 11.8 Å². The average molecular weight is 354 g/mol. The van der Waals surface area contributed by atoms with Crippen LogP contribution in [-0.2, 0) is 11.4 Å². The molecule has 0 saturated carbocycles. The first kappa shape index (κ1) is 18.3. The third kappa shape index (κ3) is 4.35.